The Labute approximate surface area is 159 Å². The molecule has 2 aromatic carbocycles. The van der Waals surface area contributed by atoms with Gasteiger partial charge in [0.05, 0.1) is 6.54 Å². The number of amides is 2. The number of carbonyl (C=O) groups excluding carboxylic acids is 2. The molecule has 0 saturated carbocycles. The van der Waals surface area contributed by atoms with Gasteiger partial charge in [0.2, 0.25) is 5.91 Å². The average Bonchev–Trinajstić information content (AvgIpc) is 2.68. The van der Waals surface area contributed by atoms with E-state index >= 15 is 0 Å². The SMILES string of the molecule is O=C(CN1CCC(CNC(=O)c2ccc(O)cc2)CC1)Nc1ccccc1. The molecule has 0 atom stereocenters. The van der Waals surface area contributed by atoms with Crippen molar-refractivity contribution in [3.05, 3.63) is 60.2 Å². The van der Waals surface area contributed by atoms with E-state index in [0.29, 0.717) is 24.6 Å². The third-order valence-electron chi connectivity index (χ3n) is 4.81. The van der Waals surface area contributed by atoms with Crippen molar-refractivity contribution in [3.8, 4) is 5.75 Å². The first kappa shape index (κ1) is 18.9. The minimum Gasteiger partial charge on any atom is -0.508 e. The maximum Gasteiger partial charge on any atom is 0.251 e. The highest BCUT2D eigenvalue weighted by molar-refractivity contribution is 5.94. The number of phenolic OH excluding ortho intramolecular Hbond substituents is 1. The number of benzene rings is 2. The van der Waals surface area contributed by atoms with Crippen molar-refractivity contribution in [2.75, 3.05) is 31.5 Å². The number of para-hydroxylation sites is 1. The molecule has 0 aromatic heterocycles. The fourth-order valence-corrected chi connectivity index (χ4v) is 3.23. The van der Waals surface area contributed by atoms with Crippen molar-refractivity contribution >= 4 is 17.5 Å². The molecule has 3 N–H and O–H groups in total. The Bertz CT molecular complexity index is 754. The van der Waals surface area contributed by atoms with Crippen molar-refractivity contribution in [2.24, 2.45) is 5.92 Å². The van der Waals surface area contributed by atoms with Crippen LogP contribution in [0.2, 0.25) is 0 Å². The highest BCUT2D eigenvalue weighted by Gasteiger charge is 2.21. The third kappa shape index (κ3) is 5.82. The standard InChI is InChI=1S/C21H25N3O3/c25-19-8-6-17(7-9-19)21(27)22-14-16-10-12-24(13-11-16)15-20(26)23-18-4-2-1-3-5-18/h1-9,16,25H,10-15H2,(H,22,27)(H,23,26). The van der Waals surface area contributed by atoms with Gasteiger partial charge in [0, 0.05) is 17.8 Å². The smallest absolute Gasteiger partial charge is 0.251 e. The molecule has 0 unspecified atom stereocenters. The first-order valence-corrected chi connectivity index (χ1v) is 9.24. The number of aromatic hydroxyl groups is 1. The quantitative estimate of drug-likeness (QED) is 0.733. The molecule has 6 nitrogen and oxygen atoms in total. The van der Waals surface area contributed by atoms with Crippen molar-refractivity contribution < 1.29 is 14.7 Å². The number of anilines is 1. The zero-order valence-corrected chi connectivity index (χ0v) is 15.2. The summed E-state index contributed by atoms with van der Waals surface area (Å²) in [7, 11) is 0. The van der Waals surface area contributed by atoms with Crippen LogP contribution in [0.25, 0.3) is 0 Å². The molecular formula is C21H25N3O3. The van der Waals surface area contributed by atoms with Gasteiger partial charge in [0.25, 0.3) is 5.91 Å². The number of likely N-dealkylation sites (tertiary alicyclic amines) is 1. The van der Waals surface area contributed by atoms with E-state index < -0.39 is 0 Å². The Morgan fingerprint density at radius 3 is 2.33 bits per heavy atom. The average molecular weight is 367 g/mol. The fraction of sp³-hybridized carbons (Fsp3) is 0.333. The molecule has 2 amide bonds. The molecule has 1 aliphatic rings. The van der Waals surface area contributed by atoms with Gasteiger partial charge in [0.15, 0.2) is 0 Å². The molecule has 3 rings (SSSR count). The van der Waals surface area contributed by atoms with Crippen LogP contribution in [0.15, 0.2) is 54.6 Å². The molecule has 0 aliphatic carbocycles. The molecule has 0 bridgehead atoms. The van der Waals surface area contributed by atoms with Gasteiger partial charge in [-0.25, -0.2) is 0 Å². The molecule has 1 aliphatic heterocycles. The second-order valence-corrected chi connectivity index (χ2v) is 6.89. The Balaban J connectivity index is 1.36. The predicted octanol–water partition coefficient (Wildman–Crippen LogP) is 2.47. The van der Waals surface area contributed by atoms with Crippen LogP contribution in [0.1, 0.15) is 23.2 Å². The van der Waals surface area contributed by atoms with E-state index in [-0.39, 0.29) is 17.6 Å². The fourth-order valence-electron chi connectivity index (χ4n) is 3.23. The van der Waals surface area contributed by atoms with E-state index in [4.69, 9.17) is 0 Å². The number of nitrogens with zero attached hydrogens (tertiary/aromatic N) is 1. The summed E-state index contributed by atoms with van der Waals surface area (Å²) in [6, 6.07) is 15.7. The normalized spacial score (nSPS) is 15.3. The van der Waals surface area contributed by atoms with Gasteiger partial charge in [-0.15, -0.1) is 0 Å². The lowest BCUT2D eigenvalue weighted by atomic mass is 9.96. The van der Waals surface area contributed by atoms with Crippen LogP contribution < -0.4 is 10.6 Å². The van der Waals surface area contributed by atoms with E-state index in [1.807, 2.05) is 30.3 Å². The van der Waals surface area contributed by atoms with Gasteiger partial charge in [-0.1, -0.05) is 18.2 Å². The van der Waals surface area contributed by atoms with Crippen LogP contribution in [0.3, 0.4) is 0 Å². The van der Waals surface area contributed by atoms with Gasteiger partial charge >= 0.3 is 0 Å². The summed E-state index contributed by atoms with van der Waals surface area (Å²) >= 11 is 0. The number of nitrogens with one attached hydrogen (secondary N) is 2. The minimum atomic E-state index is -0.125. The van der Waals surface area contributed by atoms with Crippen LogP contribution in [0, 0.1) is 5.92 Å². The zero-order valence-electron chi connectivity index (χ0n) is 15.2. The summed E-state index contributed by atoms with van der Waals surface area (Å²) in [6.07, 6.45) is 1.91. The minimum absolute atomic E-state index is 0.000262. The molecule has 2 aromatic rings. The highest BCUT2D eigenvalue weighted by Crippen LogP contribution is 2.17. The molecule has 0 spiro atoms. The molecule has 6 heteroatoms. The number of rotatable bonds is 6. The number of hydrogen-bond donors (Lipinski definition) is 3. The molecule has 1 saturated heterocycles. The van der Waals surface area contributed by atoms with Crippen molar-refractivity contribution in [3.63, 3.8) is 0 Å². The maximum absolute atomic E-state index is 12.1. The van der Waals surface area contributed by atoms with Crippen LogP contribution in [0.5, 0.6) is 5.75 Å². The Morgan fingerprint density at radius 2 is 1.67 bits per heavy atom. The van der Waals surface area contributed by atoms with Gasteiger partial charge in [-0.3, -0.25) is 14.5 Å². The number of carbonyl (C=O) groups is 2. The van der Waals surface area contributed by atoms with Crippen LogP contribution in [-0.4, -0.2) is 48.0 Å². The van der Waals surface area contributed by atoms with E-state index in [0.717, 1.165) is 31.6 Å². The second-order valence-electron chi connectivity index (χ2n) is 6.89. The van der Waals surface area contributed by atoms with Gasteiger partial charge in [-0.2, -0.15) is 0 Å². The monoisotopic (exact) mass is 367 g/mol. The molecule has 142 valence electrons. The number of piperidine rings is 1. The number of hydrogen-bond acceptors (Lipinski definition) is 4. The molecule has 0 radical (unpaired) electrons. The Kier molecular flexibility index (Phi) is 6.44. The van der Waals surface area contributed by atoms with Crippen molar-refractivity contribution in [1.82, 2.24) is 10.2 Å². The summed E-state index contributed by atoms with van der Waals surface area (Å²) in [6.45, 7) is 2.72. The lowest BCUT2D eigenvalue weighted by molar-refractivity contribution is -0.117. The van der Waals surface area contributed by atoms with Crippen LogP contribution in [-0.2, 0) is 4.79 Å². The van der Waals surface area contributed by atoms with Gasteiger partial charge in [0.1, 0.15) is 5.75 Å². The lowest BCUT2D eigenvalue weighted by Crippen LogP contribution is -2.41. The summed E-state index contributed by atoms with van der Waals surface area (Å²) in [5.41, 5.74) is 1.36. The predicted molar refractivity (Wildman–Crippen MR) is 105 cm³/mol. The highest BCUT2D eigenvalue weighted by atomic mass is 16.3. The van der Waals surface area contributed by atoms with Gasteiger partial charge < -0.3 is 15.7 Å². The van der Waals surface area contributed by atoms with E-state index in [9.17, 15) is 14.7 Å². The summed E-state index contributed by atoms with van der Waals surface area (Å²) < 4.78 is 0. The van der Waals surface area contributed by atoms with E-state index in [1.54, 1.807) is 12.1 Å². The van der Waals surface area contributed by atoms with Gasteiger partial charge in [-0.05, 0) is 68.2 Å². The van der Waals surface area contributed by atoms with Crippen molar-refractivity contribution in [2.45, 2.75) is 12.8 Å². The first-order chi connectivity index (χ1) is 13.1. The summed E-state index contributed by atoms with van der Waals surface area (Å²) in [5.74, 6) is 0.440. The Hall–Kier alpha value is -2.86. The number of phenols is 1. The van der Waals surface area contributed by atoms with Crippen LogP contribution >= 0.6 is 0 Å². The molecule has 1 heterocycles. The van der Waals surface area contributed by atoms with E-state index in [1.165, 1.54) is 12.1 Å². The molecule has 27 heavy (non-hydrogen) atoms. The molecule has 1 fully saturated rings. The first-order valence-electron chi connectivity index (χ1n) is 9.24. The maximum atomic E-state index is 12.1. The lowest BCUT2D eigenvalue weighted by Gasteiger charge is -2.31. The van der Waals surface area contributed by atoms with E-state index in [2.05, 4.69) is 15.5 Å². The second kappa shape index (κ2) is 9.19. The topological polar surface area (TPSA) is 81.7 Å². The summed E-state index contributed by atoms with van der Waals surface area (Å²) in [4.78, 5) is 26.4. The molecular weight excluding hydrogens is 342 g/mol. The van der Waals surface area contributed by atoms with Crippen LogP contribution in [0.4, 0.5) is 5.69 Å². The summed E-state index contributed by atoms with van der Waals surface area (Å²) in [5, 5.41) is 15.1. The zero-order chi connectivity index (χ0) is 19.1. The Morgan fingerprint density at radius 1 is 1.00 bits per heavy atom. The largest absolute Gasteiger partial charge is 0.508 e. The van der Waals surface area contributed by atoms with Crippen molar-refractivity contribution in [1.29, 1.82) is 0 Å². The third-order valence-corrected chi connectivity index (χ3v) is 4.81.